The van der Waals surface area contributed by atoms with Crippen molar-refractivity contribution in [2.45, 2.75) is 19.4 Å². The molecule has 30 heavy (non-hydrogen) atoms. The Morgan fingerprint density at radius 2 is 2.00 bits per heavy atom. The lowest BCUT2D eigenvalue weighted by Gasteiger charge is -2.30. The molecule has 9 heteroatoms. The van der Waals surface area contributed by atoms with Crippen LogP contribution < -0.4 is 5.32 Å². The van der Waals surface area contributed by atoms with Gasteiger partial charge in [0.1, 0.15) is 5.82 Å². The molecule has 0 atom stereocenters. The summed E-state index contributed by atoms with van der Waals surface area (Å²) in [5.74, 6) is 0.309. The maximum atomic E-state index is 13.3. The Kier molecular flexibility index (Phi) is 6.32. The van der Waals surface area contributed by atoms with Crippen molar-refractivity contribution in [1.82, 2.24) is 15.0 Å². The number of piperidine rings is 1. The van der Waals surface area contributed by atoms with Crippen LogP contribution in [-0.2, 0) is 11.3 Å². The van der Waals surface area contributed by atoms with E-state index >= 15 is 0 Å². The fraction of sp³-hybridized carbons (Fsp3) is 0.286. The Balaban J connectivity index is 1.29. The zero-order chi connectivity index (χ0) is 21.1. The van der Waals surface area contributed by atoms with E-state index < -0.39 is 5.82 Å². The van der Waals surface area contributed by atoms with Gasteiger partial charge in [-0.15, -0.1) is 0 Å². The summed E-state index contributed by atoms with van der Waals surface area (Å²) in [7, 11) is 0. The number of hydrogen-bond donors (Lipinski definition) is 1. The summed E-state index contributed by atoms with van der Waals surface area (Å²) in [6.07, 6.45) is 1.41. The number of likely N-dealkylation sites (tertiary alicyclic amines) is 1. The van der Waals surface area contributed by atoms with Gasteiger partial charge < -0.3 is 9.84 Å². The predicted octanol–water partition coefficient (Wildman–Crippen LogP) is 5.03. The topological polar surface area (TPSA) is 71.3 Å². The van der Waals surface area contributed by atoms with Crippen molar-refractivity contribution in [1.29, 1.82) is 0 Å². The zero-order valence-corrected chi connectivity index (χ0v) is 17.5. The van der Waals surface area contributed by atoms with Crippen LogP contribution in [-0.4, -0.2) is 34.0 Å². The molecule has 0 saturated carbocycles. The molecule has 1 aliphatic rings. The normalized spacial score (nSPS) is 15.3. The van der Waals surface area contributed by atoms with E-state index in [1.165, 1.54) is 18.2 Å². The predicted molar refractivity (Wildman–Crippen MR) is 113 cm³/mol. The quantitative estimate of drug-likeness (QED) is 0.592. The number of aromatic nitrogens is 2. The maximum absolute atomic E-state index is 13.3. The van der Waals surface area contributed by atoms with Gasteiger partial charge in [-0.25, -0.2) is 4.39 Å². The third-order valence-electron chi connectivity index (χ3n) is 5.06. The summed E-state index contributed by atoms with van der Waals surface area (Å²) in [4.78, 5) is 19.1. The molecule has 2 heterocycles. The second kappa shape index (κ2) is 9.12. The molecule has 4 rings (SSSR count). The van der Waals surface area contributed by atoms with Crippen LogP contribution >= 0.6 is 23.2 Å². The first-order valence-electron chi connectivity index (χ1n) is 9.55. The monoisotopic (exact) mass is 448 g/mol. The number of halogens is 3. The molecule has 0 spiro atoms. The van der Waals surface area contributed by atoms with Crippen molar-refractivity contribution in [3.8, 4) is 11.4 Å². The highest BCUT2D eigenvalue weighted by atomic mass is 35.5. The van der Waals surface area contributed by atoms with E-state index in [4.69, 9.17) is 27.7 Å². The van der Waals surface area contributed by atoms with Gasteiger partial charge in [0.15, 0.2) is 0 Å². The van der Waals surface area contributed by atoms with Gasteiger partial charge in [-0.2, -0.15) is 4.98 Å². The first-order chi connectivity index (χ1) is 14.5. The molecule has 1 N–H and O–H groups in total. The Labute approximate surface area is 183 Å². The van der Waals surface area contributed by atoms with E-state index in [9.17, 15) is 9.18 Å². The van der Waals surface area contributed by atoms with Gasteiger partial charge in [0.05, 0.1) is 11.6 Å². The fourth-order valence-electron chi connectivity index (χ4n) is 3.43. The third-order valence-corrected chi connectivity index (χ3v) is 5.58. The smallest absolute Gasteiger partial charge is 0.241 e. The standard InChI is InChI=1S/C21H19Cl2FN4O2/c22-15-3-1-2-14(10-15)20-26-19(30-27-20)12-28-8-6-13(7-9-28)21(29)25-16-4-5-18(24)17(23)11-16/h1-5,10-11,13H,6-9,12H2,(H,25,29). The number of hydrogen-bond acceptors (Lipinski definition) is 5. The Morgan fingerprint density at radius 1 is 1.20 bits per heavy atom. The molecule has 0 unspecified atom stereocenters. The Hall–Kier alpha value is -2.48. The number of carbonyl (C=O) groups excluding carboxylic acids is 1. The first kappa shape index (κ1) is 20.8. The van der Waals surface area contributed by atoms with Crippen LogP contribution in [0.3, 0.4) is 0 Å². The van der Waals surface area contributed by atoms with E-state index in [2.05, 4.69) is 20.4 Å². The number of benzene rings is 2. The molecule has 1 saturated heterocycles. The lowest BCUT2D eigenvalue weighted by molar-refractivity contribution is -0.121. The summed E-state index contributed by atoms with van der Waals surface area (Å²) >= 11 is 11.8. The van der Waals surface area contributed by atoms with Gasteiger partial charge in [-0.3, -0.25) is 9.69 Å². The molecule has 2 aromatic carbocycles. The Bertz CT molecular complexity index is 1050. The SMILES string of the molecule is O=C(Nc1ccc(F)c(Cl)c1)C1CCN(Cc2nc(-c3cccc(Cl)c3)no2)CC1. The maximum Gasteiger partial charge on any atom is 0.241 e. The lowest BCUT2D eigenvalue weighted by atomic mass is 9.96. The van der Waals surface area contributed by atoms with Crippen LogP contribution in [0.25, 0.3) is 11.4 Å². The minimum absolute atomic E-state index is 0.0145. The van der Waals surface area contributed by atoms with E-state index in [-0.39, 0.29) is 16.8 Å². The molecular formula is C21H19Cl2FN4O2. The molecule has 0 radical (unpaired) electrons. The number of nitrogens with one attached hydrogen (secondary N) is 1. The third kappa shape index (κ3) is 4.98. The second-order valence-electron chi connectivity index (χ2n) is 7.19. The molecule has 1 aliphatic heterocycles. The average Bonchev–Trinajstić information content (AvgIpc) is 3.20. The second-order valence-corrected chi connectivity index (χ2v) is 8.03. The molecular weight excluding hydrogens is 430 g/mol. The van der Waals surface area contributed by atoms with Crippen molar-refractivity contribution in [3.05, 3.63) is 64.2 Å². The highest BCUT2D eigenvalue weighted by Crippen LogP contribution is 2.24. The number of carbonyl (C=O) groups is 1. The fourth-order valence-corrected chi connectivity index (χ4v) is 3.80. The highest BCUT2D eigenvalue weighted by Gasteiger charge is 2.26. The molecule has 3 aromatic rings. The van der Waals surface area contributed by atoms with E-state index in [1.54, 1.807) is 12.1 Å². The molecule has 1 aromatic heterocycles. The summed E-state index contributed by atoms with van der Waals surface area (Å²) in [6.45, 7) is 1.99. The number of anilines is 1. The molecule has 156 valence electrons. The van der Waals surface area contributed by atoms with Crippen LogP contribution in [0.15, 0.2) is 47.0 Å². The lowest BCUT2D eigenvalue weighted by Crippen LogP contribution is -2.37. The van der Waals surface area contributed by atoms with Crippen molar-refractivity contribution in [2.24, 2.45) is 5.92 Å². The zero-order valence-electron chi connectivity index (χ0n) is 15.9. The molecule has 0 bridgehead atoms. The van der Waals surface area contributed by atoms with Crippen LogP contribution in [0.2, 0.25) is 10.0 Å². The highest BCUT2D eigenvalue weighted by molar-refractivity contribution is 6.31. The van der Waals surface area contributed by atoms with Crippen molar-refractivity contribution >= 4 is 34.8 Å². The number of nitrogens with zero attached hydrogens (tertiary/aromatic N) is 3. The molecule has 1 fully saturated rings. The number of amides is 1. The molecule has 6 nitrogen and oxygen atoms in total. The van der Waals surface area contributed by atoms with Crippen LogP contribution in [0.5, 0.6) is 0 Å². The van der Waals surface area contributed by atoms with Gasteiger partial charge in [0.2, 0.25) is 17.6 Å². The van der Waals surface area contributed by atoms with E-state index in [1.807, 2.05) is 12.1 Å². The largest absolute Gasteiger partial charge is 0.338 e. The van der Waals surface area contributed by atoms with Gasteiger partial charge in [-0.05, 0) is 56.3 Å². The summed E-state index contributed by atoms with van der Waals surface area (Å²) in [6, 6.07) is 11.4. The van der Waals surface area contributed by atoms with Crippen molar-refractivity contribution in [3.63, 3.8) is 0 Å². The van der Waals surface area contributed by atoms with Crippen LogP contribution in [0.1, 0.15) is 18.7 Å². The molecule has 0 aliphatic carbocycles. The summed E-state index contributed by atoms with van der Waals surface area (Å²) in [5, 5.41) is 7.43. The van der Waals surface area contributed by atoms with Crippen LogP contribution in [0, 0.1) is 11.7 Å². The molecule has 1 amide bonds. The number of rotatable bonds is 5. The van der Waals surface area contributed by atoms with E-state index in [0.29, 0.717) is 41.8 Å². The van der Waals surface area contributed by atoms with Gasteiger partial charge in [-0.1, -0.05) is 40.5 Å². The van der Waals surface area contributed by atoms with Crippen LogP contribution in [0.4, 0.5) is 10.1 Å². The minimum atomic E-state index is -0.512. The van der Waals surface area contributed by atoms with Gasteiger partial charge in [0.25, 0.3) is 0 Å². The Morgan fingerprint density at radius 3 is 2.73 bits per heavy atom. The summed E-state index contributed by atoms with van der Waals surface area (Å²) < 4.78 is 18.6. The first-order valence-corrected chi connectivity index (χ1v) is 10.3. The van der Waals surface area contributed by atoms with Crippen molar-refractivity contribution < 1.29 is 13.7 Å². The minimum Gasteiger partial charge on any atom is -0.338 e. The summed E-state index contributed by atoms with van der Waals surface area (Å²) in [5.41, 5.74) is 1.29. The van der Waals surface area contributed by atoms with Crippen molar-refractivity contribution in [2.75, 3.05) is 18.4 Å². The van der Waals surface area contributed by atoms with E-state index in [0.717, 1.165) is 18.7 Å². The van der Waals surface area contributed by atoms with Gasteiger partial charge in [0, 0.05) is 22.2 Å². The average molecular weight is 449 g/mol. The van der Waals surface area contributed by atoms with Gasteiger partial charge >= 0.3 is 0 Å².